The Morgan fingerprint density at radius 3 is 2.71 bits per heavy atom. The molecule has 0 unspecified atom stereocenters. The van der Waals surface area contributed by atoms with Gasteiger partial charge in [0.1, 0.15) is 12.1 Å². The van der Waals surface area contributed by atoms with Crippen molar-refractivity contribution >= 4 is 5.96 Å². The molecule has 0 aliphatic heterocycles. The summed E-state index contributed by atoms with van der Waals surface area (Å²) in [5.74, 6) is 0.958. The summed E-state index contributed by atoms with van der Waals surface area (Å²) in [5.41, 5.74) is 1.59. The van der Waals surface area contributed by atoms with Crippen LogP contribution in [0.25, 0.3) is 11.5 Å². The molecule has 0 aliphatic rings. The molecule has 2 aromatic rings. The second-order valence-corrected chi connectivity index (χ2v) is 5.17. The van der Waals surface area contributed by atoms with Gasteiger partial charge in [0.15, 0.2) is 5.96 Å². The number of oxazole rings is 1. The van der Waals surface area contributed by atoms with Gasteiger partial charge in [-0.3, -0.25) is 4.99 Å². The zero-order chi connectivity index (χ0) is 17.2. The Hall–Kier alpha value is -2.41. The van der Waals surface area contributed by atoms with Crippen molar-refractivity contribution in [3.63, 3.8) is 0 Å². The van der Waals surface area contributed by atoms with Gasteiger partial charge in [0.05, 0.1) is 5.69 Å². The Morgan fingerprint density at radius 2 is 2.00 bits per heavy atom. The number of rotatable bonds is 8. The van der Waals surface area contributed by atoms with Crippen molar-refractivity contribution < 1.29 is 13.5 Å². The van der Waals surface area contributed by atoms with Gasteiger partial charge >= 0.3 is 0 Å². The first kappa shape index (κ1) is 17.9. The van der Waals surface area contributed by atoms with Crippen molar-refractivity contribution in [1.29, 1.82) is 0 Å². The first-order valence-corrected chi connectivity index (χ1v) is 7.86. The van der Waals surface area contributed by atoms with Crippen LogP contribution < -0.4 is 10.6 Å². The predicted octanol–water partition coefficient (Wildman–Crippen LogP) is 2.22. The van der Waals surface area contributed by atoms with E-state index in [9.17, 15) is 4.39 Å². The molecule has 0 amide bonds. The molecule has 2 N–H and O–H groups in total. The molecule has 1 aromatic heterocycles. The van der Waals surface area contributed by atoms with E-state index in [2.05, 4.69) is 20.6 Å². The van der Waals surface area contributed by atoms with E-state index in [1.54, 1.807) is 32.6 Å². The van der Waals surface area contributed by atoms with Crippen LogP contribution in [0.5, 0.6) is 0 Å². The number of benzene rings is 1. The molecule has 7 heteroatoms. The van der Waals surface area contributed by atoms with Crippen LogP contribution in [0.1, 0.15) is 12.1 Å². The summed E-state index contributed by atoms with van der Waals surface area (Å²) in [6, 6.07) is 6.07. The maximum atomic E-state index is 12.9. The Balaban J connectivity index is 1.77. The highest BCUT2D eigenvalue weighted by atomic mass is 19.1. The van der Waals surface area contributed by atoms with E-state index in [1.165, 1.54) is 12.1 Å². The number of hydrogen-bond donors (Lipinski definition) is 2. The normalized spacial score (nSPS) is 11.5. The number of nitrogens with zero attached hydrogens (tertiary/aromatic N) is 2. The standard InChI is InChI=1S/C17H23FN4O2/c1-19-17(20-9-3-11-23-2)21-10-8-15-12-24-16(22-15)13-4-6-14(18)7-5-13/h4-7,12H,3,8-11H2,1-2H3,(H2,19,20,21). The molecular weight excluding hydrogens is 311 g/mol. The third kappa shape index (κ3) is 5.66. The summed E-state index contributed by atoms with van der Waals surface area (Å²) < 4.78 is 23.4. The van der Waals surface area contributed by atoms with Crippen LogP contribution in [-0.4, -0.2) is 44.8 Å². The number of nitrogens with one attached hydrogen (secondary N) is 2. The van der Waals surface area contributed by atoms with Crippen LogP contribution in [0, 0.1) is 5.82 Å². The number of aliphatic imine (C=N–C) groups is 1. The van der Waals surface area contributed by atoms with Crippen LogP contribution in [0.3, 0.4) is 0 Å². The number of methoxy groups -OCH3 is 1. The number of ether oxygens (including phenoxy) is 1. The quantitative estimate of drug-likeness (QED) is 0.440. The maximum Gasteiger partial charge on any atom is 0.226 e. The molecule has 1 heterocycles. The monoisotopic (exact) mass is 334 g/mol. The van der Waals surface area contributed by atoms with E-state index in [4.69, 9.17) is 9.15 Å². The van der Waals surface area contributed by atoms with Crippen LogP contribution >= 0.6 is 0 Å². The second-order valence-electron chi connectivity index (χ2n) is 5.17. The number of aromatic nitrogens is 1. The first-order valence-electron chi connectivity index (χ1n) is 7.86. The predicted molar refractivity (Wildman–Crippen MR) is 91.5 cm³/mol. The Labute approximate surface area is 141 Å². The molecule has 0 fully saturated rings. The fourth-order valence-electron chi connectivity index (χ4n) is 2.10. The van der Waals surface area contributed by atoms with Crippen molar-refractivity contribution in [2.45, 2.75) is 12.8 Å². The molecule has 0 saturated heterocycles. The average molecular weight is 334 g/mol. The van der Waals surface area contributed by atoms with Crippen molar-refractivity contribution in [3.8, 4) is 11.5 Å². The Kier molecular flexibility index (Phi) is 7.22. The first-order chi connectivity index (χ1) is 11.7. The second kappa shape index (κ2) is 9.67. The minimum atomic E-state index is -0.279. The number of halogens is 1. The van der Waals surface area contributed by atoms with Crippen LogP contribution in [0.4, 0.5) is 4.39 Å². The van der Waals surface area contributed by atoms with E-state index in [-0.39, 0.29) is 5.82 Å². The van der Waals surface area contributed by atoms with Crippen molar-refractivity contribution in [1.82, 2.24) is 15.6 Å². The molecule has 6 nitrogen and oxygen atoms in total. The van der Waals surface area contributed by atoms with Gasteiger partial charge in [-0.25, -0.2) is 9.37 Å². The fourth-order valence-corrected chi connectivity index (χ4v) is 2.10. The summed E-state index contributed by atoms with van der Waals surface area (Å²) in [6.07, 6.45) is 3.24. The van der Waals surface area contributed by atoms with Gasteiger partial charge < -0.3 is 19.8 Å². The third-order valence-corrected chi connectivity index (χ3v) is 3.36. The topological polar surface area (TPSA) is 71.7 Å². The smallest absolute Gasteiger partial charge is 0.226 e. The van der Waals surface area contributed by atoms with E-state index in [0.29, 0.717) is 18.9 Å². The highest BCUT2D eigenvalue weighted by Gasteiger charge is 2.07. The molecule has 2 rings (SSSR count). The Morgan fingerprint density at radius 1 is 1.25 bits per heavy atom. The fraction of sp³-hybridized carbons (Fsp3) is 0.412. The number of hydrogen-bond acceptors (Lipinski definition) is 4. The summed E-state index contributed by atoms with van der Waals surface area (Å²) in [7, 11) is 3.42. The third-order valence-electron chi connectivity index (χ3n) is 3.36. The van der Waals surface area contributed by atoms with Crippen LogP contribution in [-0.2, 0) is 11.2 Å². The highest BCUT2D eigenvalue weighted by molar-refractivity contribution is 5.79. The lowest BCUT2D eigenvalue weighted by atomic mass is 10.2. The molecule has 0 aliphatic carbocycles. The van der Waals surface area contributed by atoms with Gasteiger partial charge in [0, 0.05) is 45.8 Å². The van der Waals surface area contributed by atoms with Crippen LogP contribution in [0.15, 0.2) is 39.9 Å². The van der Waals surface area contributed by atoms with Gasteiger partial charge in [-0.2, -0.15) is 0 Å². The molecule has 130 valence electrons. The van der Waals surface area contributed by atoms with Gasteiger partial charge in [0.25, 0.3) is 0 Å². The minimum Gasteiger partial charge on any atom is -0.444 e. The summed E-state index contributed by atoms with van der Waals surface area (Å²) >= 11 is 0. The zero-order valence-corrected chi connectivity index (χ0v) is 14.0. The summed E-state index contributed by atoms with van der Waals surface area (Å²) in [4.78, 5) is 8.57. The number of guanidine groups is 1. The lowest BCUT2D eigenvalue weighted by Gasteiger charge is -2.10. The lowest BCUT2D eigenvalue weighted by Crippen LogP contribution is -2.39. The van der Waals surface area contributed by atoms with E-state index in [0.717, 1.165) is 36.8 Å². The molecule has 0 saturated carbocycles. The molecule has 1 aromatic carbocycles. The Bertz CT molecular complexity index is 640. The van der Waals surface area contributed by atoms with Crippen molar-refractivity contribution in [3.05, 3.63) is 42.0 Å². The molecule has 0 spiro atoms. The molecule has 24 heavy (non-hydrogen) atoms. The van der Waals surface area contributed by atoms with Gasteiger partial charge in [0.2, 0.25) is 5.89 Å². The van der Waals surface area contributed by atoms with Crippen molar-refractivity contribution in [2.24, 2.45) is 4.99 Å². The summed E-state index contributed by atoms with van der Waals surface area (Å²) in [5, 5.41) is 6.42. The molecular formula is C17H23FN4O2. The van der Waals surface area contributed by atoms with Gasteiger partial charge in [-0.1, -0.05) is 0 Å². The van der Waals surface area contributed by atoms with E-state index < -0.39 is 0 Å². The summed E-state index contributed by atoms with van der Waals surface area (Å²) in [6.45, 7) is 2.20. The largest absolute Gasteiger partial charge is 0.444 e. The van der Waals surface area contributed by atoms with Crippen LogP contribution in [0.2, 0.25) is 0 Å². The molecule has 0 radical (unpaired) electrons. The minimum absolute atomic E-state index is 0.279. The molecule has 0 atom stereocenters. The van der Waals surface area contributed by atoms with E-state index in [1.807, 2.05) is 0 Å². The van der Waals surface area contributed by atoms with Gasteiger partial charge in [-0.15, -0.1) is 0 Å². The lowest BCUT2D eigenvalue weighted by molar-refractivity contribution is 0.195. The van der Waals surface area contributed by atoms with Gasteiger partial charge in [-0.05, 0) is 30.7 Å². The maximum absolute atomic E-state index is 12.9. The average Bonchev–Trinajstić information content (AvgIpc) is 3.06. The SMILES string of the molecule is CN=C(NCCCOC)NCCc1coc(-c2ccc(F)cc2)n1. The molecule has 0 bridgehead atoms. The zero-order valence-electron chi connectivity index (χ0n) is 14.0. The van der Waals surface area contributed by atoms with Crippen molar-refractivity contribution in [2.75, 3.05) is 33.9 Å². The highest BCUT2D eigenvalue weighted by Crippen LogP contribution is 2.18. The van der Waals surface area contributed by atoms with E-state index >= 15 is 0 Å².